The van der Waals surface area contributed by atoms with E-state index in [0.29, 0.717) is 16.7 Å². The van der Waals surface area contributed by atoms with Gasteiger partial charge in [0.15, 0.2) is 0 Å². The quantitative estimate of drug-likeness (QED) is 0.681. The molecule has 0 heterocycles. The second kappa shape index (κ2) is 7.56. The highest BCUT2D eigenvalue weighted by molar-refractivity contribution is 5.85. The van der Waals surface area contributed by atoms with E-state index in [1.807, 2.05) is 6.92 Å². The van der Waals surface area contributed by atoms with Crippen LogP contribution in [-0.4, -0.2) is 23.8 Å². The van der Waals surface area contributed by atoms with Crippen molar-refractivity contribution >= 4 is 12.4 Å². The van der Waals surface area contributed by atoms with E-state index in [-0.39, 0.29) is 18.5 Å². The molecule has 4 rings (SSSR count). The van der Waals surface area contributed by atoms with Gasteiger partial charge in [0.05, 0.1) is 6.10 Å². The Balaban J connectivity index is 0.00000196. The largest absolute Gasteiger partial charge is 0.393 e. The van der Waals surface area contributed by atoms with E-state index in [2.05, 4.69) is 26.1 Å². The van der Waals surface area contributed by atoms with Gasteiger partial charge in [-0.1, -0.05) is 20.8 Å². The van der Waals surface area contributed by atoms with E-state index in [1.54, 1.807) is 0 Å². The maximum absolute atomic E-state index is 10.4. The van der Waals surface area contributed by atoms with Gasteiger partial charge >= 0.3 is 0 Å². The predicted molar refractivity (Wildman–Crippen MR) is 112 cm³/mol. The molecule has 4 fully saturated rings. The van der Waals surface area contributed by atoms with Crippen molar-refractivity contribution in [2.24, 2.45) is 40.4 Å². The Labute approximate surface area is 167 Å². The van der Waals surface area contributed by atoms with E-state index < -0.39 is 0 Å². The second-order valence-electron chi connectivity index (χ2n) is 10.7. The van der Waals surface area contributed by atoms with Crippen LogP contribution in [-0.2, 0) is 0 Å². The van der Waals surface area contributed by atoms with Gasteiger partial charge in [0, 0.05) is 6.04 Å². The molecule has 4 aliphatic rings. The van der Waals surface area contributed by atoms with Crippen LogP contribution < -0.4 is 5.32 Å². The average Bonchev–Trinajstić information content (AvgIpc) is 2.93. The number of aliphatic hydroxyl groups is 1. The molecule has 9 atom stereocenters. The fraction of sp³-hybridized carbons (Fsp3) is 1.00. The summed E-state index contributed by atoms with van der Waals surface area (Å²) in [5, 5.41) is 14.1. The minimum absolute atomic E-state index is 0. The third kappa shape index (κ3) is 3.07. The molecular formula is C23H42ClNO. The Morgan fingerprint density at radius 2 is 1.65 bits per heavy atom. The zero-order valence-corrected chi connectivity index (χ0v) is 18.3. The molecule has 0 radical (unpaired) electrons. The topological polar surface area (TPSA) is 32.3 Å². The molecule has 0 amide bonds. The van der Waals surface area contributed by atoms with Crippen molar-refractivity contribution in [1.82, 2.24) is 5.32 Å². The molecule has 0 saturated heterocycles. The first-order valence-corrected chi connectivity index (χ1v) is 11.3. The fourth-order valence-corrected chi connectivity index (χ4v) is 8.57. The molecule has 0 spiro atoms. The van der Waals surface area contributed by atoms with Gasteiger partial charge in [0.1, 0.15) is 0 Å². The SMILES string of the molecule is CCN[C@@H]1CC[C@@]2(C)[C@@H](CC[C@@H]3[C@@H]2CC[C@]2(C)[C@@H]([C@H](C)O)CC[C@@H]32)C1.Cl. The summed E-state index contributed by atoms with van der Waals surface area (Å²) in [5.41, 5.74) is 1.01. The van der Waals surface area contributed by atoms with Gasteiger partial charge in [-0.3, -0.25) is 0 Å². The van der Waals surface area contributed by atoms with Gasteiger partial charge in [-0.25, -0.2) is 0 Å². The van der Waals surface area contributed by atoms with Crippen molar-refractivity contribution in [2.45, 2.75) is 97.6 Å². The standard InChI is InChI=1S/C23H41NO.ClH/c1-5-24-17-10-12-22(3)16(14-17)6-7-18-20-9-8-19(15(2)25)23(20,4)13-11-21(18)22;/h15-21,24-25H,5-14H2,1-4H3;1H/t15-,16-,17+,18-,19+,20-,21-,22-,23+;/m0./s1. The summed E-state index contributed by atoms with van der Waals surface area (Å²) < 4.78 is 0. The molecule has 0 aromatic rings. The third-order valence-corrected chi connectivity index (χ3v) is 9.81. The predicted octanol–water partition coefficient (Wildman–Crippen LogP) is 5.43. The molecule has 0 aliphatic heterocycles. The Bertz CT molecular complexity index is 497. The van der Waals surface area contributed by atoms with Crippen LogP contribution in [0.1, 0.15) is 85.5 Å². The second-order valence-corrected chi connectivity index (χ2v) is 10.7. The summed E-state index contributed by atoms with van der Waals surface area (Å²) in [4.78, 5) is 0. The van der Waals surface area contributed by atoms with Gasteiger partial charge < -0.3 is 10.4 Å². The highest BCUT2D eigenvalue weighted by Gasteiger charge is 2.60. The minimum Gasteiger partial charge on any atom is -0.393 e. The summed E-state index contributed by atoms with van der Waals surface area (Å²) in [5.74, 6) is 4.28. The lowest BCUT2D eigenvalue weighted by molar-refractivity contribution is -0.121. The van der Waals surface area contributed by atoms with Crippen LogP contribution in [0.15, 0.2) is 0 Å². The van der Waals surface area contributed by atoms with Crippen molar-refractivity contribution in [1.29, 1.82) is 0 Å². The molecule has 0 aromatic heterocycles. The zero-order chi connectivity index (χ0) is 17.8. The maximum Gasteiger partial charge on any atom is 0.0545 e. The number of fused-ring (bicyclic) bond motifs is 5. The van der Waals surface area contributed by atoms with Gasteiger partial charge in [0.25, 0.3) is 0 Å². The van der Waals surface area contributed by atoms with Crippen molar-refractivity contribution in [2.75, 3.05) is 6.54 Å². The van der Waals surface area contributed by atoms with E-state index in [9.17, 15) is 5.11 Å². The number of aliphatic hydroxyl groups excluding tert-OH is 1. The third-order valence-electron chi connectivity index (χ3n) is 9.81. The van der Waals surface area contributed by atoms with Crippen molar-refractivity contribution < 1.29 is 5.11 Å². The van der Waals surface area contributed by atoms with Crippen LogP contribution >= 0.6 is 12.4 Å². The van der Waals surface area contributed by atoms with Gasteiger partial charge in [0.2, 0.25) is 0 Å². The molecule has 4 aliphatic carbocycles. The summed E-state index contributed by atoms with van der Waals surface area (Å²) in [6, 6.07) is 0.777. The fourth-order valence-electron chi connectivity index (χ4n) is 8.57. The molecule has 0 aromatic carbocycles. The van der Waals surface area contributed by atoms with Gasteiger partial charge in [-0.15, -0.1) is 12.4 Å². The van der Waals surface area contributed by atoms with Crippen LogP contribution in [0, 0.1) is 40.4 Å². The zero-order valence-electron chi connectivity index (χ0n) is 17.5. The Morgan fingerprint density at radius 3 is 2.35 bits per heavy atom. The van der Waals surface area contributed by atoms with Gasteiger partial charge in [-0.05, 0) is 112 Å². The number of nitrogens with one attached hydrogen (secondary N) is 1. The minimum atomic E-state index is -0.117. The Hall–Kier alpha value is 0.210. The lowest BCUT2D eigenvalue weighted by Gasteiger charge is -2.61. The average molecular weight is 384 g/mol. The van der Waals surface area contributed by atoms with Crippen molar-refractivity contribution in [3.63, 3.8) is 0 Å². The van der Waals surface area contributed by atoms with Crippen molar-refractivity contribution in [3.05, 3.63) is 0 Å². The highest BCUT2D eigenvalue weighted by atomic mass is 35.5. The van der Waals surface area contributed by atoms with Gasteiger partial charge in [-0.2, -0.15) is 0 Å². The maximum atomic E-state index is 10.4. The van der Waals surface area contributed by atoms with Crippen LogP contribution in [0.3, 0.4) is 0 Å². The first-order valence-electron chi connectivity index (χ1n) is 11.3. The summed E-state index contributed by atoms with van der Waals surface area (Å²) in [7, 11) is 0. The first-order chi connectivity index (χ1) is 11.9. The Kier molecular flexibility index (Phi) is 6.09. The monoisotopic (exact) mass is 383 g/mol. The molecule has 3 heteroatoms. The Morgan fingerprint density at radius 1 is 0.962 bits per heavy atom. The molecule has 26 heavy (non-hydrogen) atoms. The lowest BCUT2D eigenvalue weighted by atomic mass is 9.44. The first kappa shape index (κ1) is 20.9. The molecular weight excluding hydrogens is 342 g/mol. The molecule has 2 nitrogen and oxygen atoms in total. The van der Waals surface area contributed by atoms with E-state index in [4.69, 9.17) is 0 Å². The summed E-state index contributed by atoms with van der Waals surface area (Å²) in [6.45, 7) is 10.6. The van der Waals surface area contributed by atoms with E-state index in [0.717, 1.165) is 36.3 Å². The smallest absolute Gasteiger partial charge is 0.0545 e. The number of rotatable bonds is 3. The molecule has 0 unspecified atom stereocenters. The van der Waals surface area contributed by atoms with Crippen LogP contribution in [0.4, 0.5) is 0 Å². The summed E-state index contributed by atoms with van der Waals surface area (Å²) in [6.07, 6.45) is 12.5. The number of halogens is 1. The van der Waals surface area contributed by atoms with Crippen molar-refractivity contribution in [3.8, 4) is 0 Å². The number of hydrogen-bond acceptors (Lipinski definition) is 2. The highest BCUT2D eigenvalue weighted by Crippen LogP contribution is 2.67. The summed E-state index contributed by atoms with van der Waals surface area (Å²) >= 11 is 0. The molecule has 4 saturated carbocycles. The van der Waals surface area contributed by atoms with Crippen LogP contribution in [0.25, 0.3) is 0 Å². The van der Waals surface area contributed by atoms with E-state index in [1.165, 1.54) is 57.8 Å². The lowest BCUT2D eigenvalue weighted by Crippen LogP contribution is -2.55. The number of hydrogen-bond donors (Lipinski definition) is 2. The van der Waals surface area contributed by atoms with Crippen LogP contribution in [0.2, 0.25) is 0 Å². The molecule has 152 valence electrons. The van der Waals surface area contributed by atoms with E-state index >= 15 is 0 Å². The molecule has 0 bridgehead atoms. The normalized spacial score (nSPS) is 51.6. The van der Waals surface area contributed by atoms with Crippen LogP contribution in [0.5, 0.6) is 0 Å². The molecule has 2 N–H and O–H groups in total.